The van der Waals surface area contributed by atoms with Gasteiger partial charge in [0.15, 0.2) is 0 Å². The fraction of sp³-hybridized carbons (Fsp3) is 0.364. The molecule has 1 saturated heterocycles. The molecule has 1 aromatic heterocycles. The van der Waals surface area contributed by atoms with Crippen molar-refractivity contribution in [1.82, 2.24) is 4.98 Å². The summed E-state index contributed by atoms with van der Waals surface area (Å²) in [5.41, 5.74) is 4.44. The monoisotopic (exact) mass is 204 g/mol. The van der Waals surface area contributed by atoms with Crippen LogP contribution in [0.4, 0.5) is 5.69 Å². The maximum atomic E-state index is 4.44. The molecular weight excluding hydrogens is 192 g/mol. The molecule has 0 aliphatic carbocycles. The topological polar surface area (TPSA) is 16.1 Å². The summed E-state index contributed by atoms with van der Waals surface area (Å²) in [7, 11) is 0. The van der Waals surface area contributed by atoms with E-state index in [0.29, 0.717) is 0 Å². The average molecular weight is 204 g/mol. The molecule has 0 radical (unpaired) electrons. The van der Waals surface area contributed by atoms with Crippen LogP contribution in [0.3, 0.4) is 0 Å². The first-order chi connectivity index (χ1) is 6.95. The van der Waals surface area contributed by atoms with Crippen molar-refractivity contribution in [2.24, 2.45) is 0 Å². The predicted octanol–water partition coefficient (Wildman–Crippen LogP) is 2.90. The second kappa shape index (κ2) is 3.24. The molecule has 1 aromatic carbocycles. The molecule has 0 amide bonds. The molecule has 0 atom stereocenters. The van der Waals surface area contributed by atoms with Crippen molar-refractivity contribution in [3.8, 4) is 0 Å². The van der Waals surface area contributed by atoms with Gasteiger partial charge in [-0.05, 0) is 25.0 Å². The maximum Gasteiger partial charge on any atom is 0.104 e. The van der Waals surface area contributed by atoms with E-state index in [1.54, 1.807) is 11.3 Å². The standard InChI is InChI=1S/C11H12N2S/c1-2-7-13(6-1)9-4-3-5-10-11(9)12-8-14-10/h3-5,8H,1-2,6-7H2. The quantitative estimate of drug-likeness (QED) is 0.710. The van der Waals surface area contributed by atoms with Gasteiger partial charge in [-0.25, -0.2) is 4.98 Å². The van der Waals surface area contributed by atoms with Crippen LogP contribution in [0, 0.1) is 0 Å². The summed E-state index contributed by atoms with van der Waals surface area (Å²) < 4.78 is 1.30. The number of nitrogens with zero attached hydrogens (tertiary/aromatic N) is 2. The Hall–Kier alpha value is -1.09. The highest BCUT2D eigenvalue weighted by Crippen LogP contribution is 2.30. The van der Waals surface area contributed by atoms with Crippen LogP contribution in [0.25, 0.3) is 10.2 Å². The zero-order valence-electron chi connectivity index (χ0n) is 7.94. The first-order valence-electron chi connectivity index (χ1n) is 5.02. The molecule has 0 spiro atoms. The molecule has 3 rings (SSSR count). The van der Waals surface area contributed by atoms with E-state index in [1.807, 2.05) is 5.51 Å². The van der Waals surface area contributed by atoms with Gasteiger partial charge in [0.25, 0.3) is 0 Å². The van der Waals surface area contributed by atoms with Gasteiger partial charge in [-0.3, -0.25) is 0 Å². The van der Waals surface area contributed by atoms with Crippen molar-refractivity contribution in [3.63, 3.8) is 0 Å². The third-order valence-corrected chi connectivity index (χ3v) is 3.58. The molecule has 0 saturated carbocycles. The highest BCUT2D eigenvalue weighted by molar-refractivity contribution is 7.16. The summed E-state index contributed by atoms with van der Waals surface area (Å²) >= 11 is 1.72. The highest BCUT2D eigenvalue weighted by Gasteiger charge is 2.15. The highest BCUT2D eigenvalue weighted by atomic mass is 32.1. The molecule has 2 heterocycles. The second-order valence-electron chi connectivity index (χ2n) is 3.67. The van der Waals surface area contributed by atoms with Crippen LogP contribution in [0.15, 0.2) is 23.7 Å². The Balaban J connectivity index is 2.14. The molecule has 14 heavy (non-hydrogen) atoms. The van der Waals surface area contributed by atoms with Crippen LogP contribution < -0.4 is 4.90 Å². The molecular formula is C11H12N2S. The number of rotatable bonds is 1. The summed E-state index contributed by atoms with van der Waals surface area (Å²) in [5.74, 6) is 0. The molecule has 0 bridgehead atoms. The van der Waals surface area contributed by atoms with E-state index >= 15 is 0 Å². The minimum Gasteiger partial charge on any atom is -0.370 e. The van der Waals surface area contributed by atoms with Crippen LogP contribution in [-0.2, 0) is 0 Å². The van der Waals surface area contributed by atoms with E-state index in [9.17, 15) is 0 Å². The molecule has 1 aliphatic rings. The van der Waals surface area contributed by atoms with Crippen molar-refractivity contribution in [2.45, 2.75) is 12.8 Å². The number of thiazole rings is 1. The Bertz CT molecular complexity index is 443. The number of hydrogen-bond acceptors (Lipinski definition) is 3. The molecule has 0 unspecified atom stereocenters. The third kappa shape index (κ3) is 1.20. The normalized spacial score (nSPS) is 16.7. The molecule has 2 aromatic rings. The van der Waals surface area contributed by atoms with Gasteiger partial charge >= 0.3 is 0 Å². The number of hydrogen-bond donors (Lipinski definition) is 0. The minimum absolute atomic E-state index is 1.18. The van der Waals surface area contributed by atoms with Gasteiger partial charge in [-0.1, -0.05) is 6.07 Å². The lowest BCUT2D eigenvalue weighted by Gasteiger charge is -2.17. The zero-order valence-corrected chi connectivity index (χ0v) is 8.76. The lowest BCUT2D eigenvalue weighted by Crippen LogP contribution is -2.17. The first kappa shape index (κ1) is 8.24. The fourth-order valence-electron chi connectivity index (χ4n) is 2.08. The van der Waals surface area contributed by atoms with Crippen molar-refractivity contribution < 1.29 is 0 Å². The SMILES string of the molecule is c1cc(N2CCCC2)c2ncsc2c1. The lowest BCUT2D eigenvalue weighted by atomic mass is 10.2. The molecule has 3 heteroatoms. The van der Waals surface area contributed by atoms with E-state index in [4.69, 9.17) is 0 Å². The van der Waals surface area contributed by atoms with Gasteiger partial charge in [0.2, 0.25) is 0 Å². The van der Waals surface area contributed by atoms with Crippen molar-refractivity contribution in [1.29, 1.82) is 0 Å². The second-order valence-corrected chi connectivity index (χ2v) is 4.56. The van der Waals surface area contributed by atoms with Gasteiger partial charge in [0.05, 0.1) is 15.9 Å². The molecule has 1 aliphatic heterocycles. The predicted molar refractivity (Wildman–Crippen MR) is 61.1 cm³/mol. The largest absolute Gasteiger partial charge is 0.370 e. The van der Waals surface area contributed by atoms with Crippen LogP contribution in [0.1, 0.15) is 12.8 Å². The number of para-hydroxylation sites is 1. The van der Waals surface area contributed by atoms with Crippen LogP contribution in [0.2, 0.25) is 0 Å². The summed E-state index contributed by atoms with van der Waals surface area (Å²) in [5, 5.41) is 0. The van der Waals surface area contributed by atoms with E-state index in [0.717, 1.165) is 0 Å². The Morgan fingerprint density at radius 3 is 2.93 bits per heavy atom. The number of fused-ring (bicyclic) bond motifs is 1. The van der Waals surface area contributed by atoms with Crippen molar-refractivity contribution >= 4 is 27.2 Å². The fourth-order valence-corrected chi connectivity index (χ4v) is 2.78. The summed E-state index contributed by atoms with van der Waals surface area (Å²) in [6, 6.07) is 6.47. The van der Waals surface area contributed by atoms with Gasteiger partial charge in [0, 0.05) is 13.1 Å². The first-order valence-corrected chi connectivity index (χ1v) is 5.90. The summed E-state index contributed by atoms with van der Waals surface area (Å²) in [6.07, 6.45) is 2.64. The van der Waals surface area contributed by atoms with Crippen LogP contribution in [0.5, 0.6) is 0 Å². The van der Waals surface area contributed by atoms with Crippen LogP contribution >= 0.6 is 11.3 Å². The summed E-state index contributed by atoms with van der Waals surface area (Å²) in [6.45, 7) is 2.38. The maximum absolute atomic E-state index is 4.44. The van der Waals surface area contributed by atoms with E-state index in [-0.39, 0.29) is 0 Å². The number of aromatic nitrogens is 1. The van der Waals surface area contributed by atoms with E-state index in [2.05, 4.69) is 28.1 Å². The third-order valence-electron chi connectivity index (χ3n) is 2.79. The van der Waals surface area contributed by atoms with Gasteiger partial charge in [-0.2, -0.15) is 0 Å². The average Bonchev–Trinajstić information content (AvgIpc) is 2.88. The Labute approximate surface area is 87.2 Å². The Morgan fingerprint density at radius 2 is 2.07 bits per heavy atom. The van der Waals surface area contributed by atoms with Gasteiger partial charge in [-0.15, -0.1) is 11.3 Å². The molecule has 1 fully saturated rings. The smallest absolute Gasteiger partial charge is 0.104 e. The number of anilines is 1. The summed E-state index contributed by atoms with van der Waals surface area (Å²) in [4.78, 5) is 6.89. The van der Waals surface area contributed by atoms with E-state index < -0.39 is 0 Å². The van der Waals surface area contributed by atoms with Gasteiger partial charge in [0.1, 0.15) is 5.52 Å². The van der Waals surface area contributed by atoms with E-state index in [1.165, 1.54) is 41.8 Å². The number of benzene rings is 1. The molecule has 2 nitrogen and oxygen atoms in total. The Morgan fingerprint density at radius 1 is 1.21 bits per heavy atom. The molecule has 0 N–H and O–H groups in total. The lowest BCUT2D eigenvalue weighted by molar-refractivity contribution is 0.949. The van der Waals surface area contributed by atoms with Crippen molar-refractivity contribution in [2.75, 3.05) is 18.0 Å². The minimum atomic E-state index is 1.18. The Kier molecular flexibility index (Phi) is 1.91. The van der Waals surface area contributed by atoms with Gasteiger partial charge < -0.3 is 4.90 Å². The molecule has 72 valence electrons. The van der Waals surface area contributed by atoms with Crippen molar-refractivity contribution in [3.05, 3.63) is 23.7 Å². The zero-order chi connectivity index (χ0) is 9.38. The van der Waals surface area contributed by atoms with Crippen LogP contribution in [-0.4, -0.2) is 18.1 Å².